The molecule has 16 heavy (non-hydrogen) atoms. The fourth-order valence-electron chi connectivity index (χ4n) is 2.01. The van der Waals surface area contributed by atoms with E-state index in [-0.39, 0.29) is 0 Å². The summed E-state index contributed by atoms with van der Waals surface area (Å²) in [6.07, 6.45) is 5.39. The van der Waals surface area contributed by atoms with E-state index in [1.54, 1.807) is 17.7 Å². The summed E-state index contributed by atoms with van der Waals surface area (Å²) in [6.45, 7) is 0. The van der Waals surface area contributed by atoms with Crippen LogP contribution < -0.4 is 0 Å². The van der Waals surface area contributed by atoms with Crippen LogP contribution in [0.5, 0.6) is 0 Å². The Hall–Kier alpha value is -2.01. The Kier molecular flexibility index (Phi) is 1.41. The van der Waals surface area contributed by atoms with Gasteiger partial charge in [-0.15, -0.1) is 11.3 Å². The lowest BCUT2D eigenvalue weighted by atomic mass is 10.2. The Morgan fingerprint density at radius 2 is 2.06 bits per heavy atom. The third kappa shape index (κ3) is 0.906. The molecule has 0 unspecified atom stereocenters. The maximum atomic E-state index is 4.44. The van der Waals surface area contributed by atoms with Crippen molar-refractivity contribution in [1.29, 1.82) is 0 Å². The average Bonchev–Trinajstić information content (AvgIpc) is 2.88. The summed E-state index contributed by atoms with van der Waals surface area (Å²) >= 11 is 1.69. The van der Waals surface area contributed by atoms with E-state index in [4.69, 9.17) is 0 Å². The summed E-state index contributed by atoms with van der Waals surface area (Å²) in [5, 5.41) is 5.39. The van der Waals surface area contributed by atoms with Crippen LogP contribution in [0.1, 0.15) is 0 Å². The number of fused-ring (bicyclic) bond motifs is 2. The van der Waals surface area contributed by atoms with Crippen LogP contribution >= 0.6 is 11.3 Å². The van der Waals surface area contributed by atoms with Gasteiger partial charge in [0.2, 0.25) is 0 Å². The lowest BCUT2D eigenvalue weighted by molar-refractivity contribution is 1.20. The normalized spacial score (nSPS) is 11.8. The van der Waals surface area contributed by atoms with Gasteiger partial charge in [0.05, 0.1) is 16.4 Å². The molecule has 1 N–H and O–H groups in total. The van der Waals surface area contributed by atoms with Gasteiger partial charge in [0.25, 0.3) is 0 Å². The molecule has 4 rings (SSSR count). The van der Waals surface area contributed by atoms with E-state index in [1.165, 1.54) is 10.1 Å². The first-order valence-corrected chi connectivity index (χ1v) is 5.75. The summed E-state index contributed by atoms with van der Waals surface area (Å²) in [7, 11) is 0. The number of aromatic amines is 1. The van der Waals surface area contributed by atoms with E-state index >= 15 is 0 Å². The molecule has 0 atom stereocenters. The highest BCUT2D eigenvalue weighted by Crippen LogP contribution is 2.30. The van der Waals surface area contributed by atoms with Crippen LogP contribution in [-0.4, -0.2) is 19.9 Å². The van der Waals surface area contributed by atoms with E-state index in [2.05, 4.69) is 31.4 Å². The van der Waals surface area contributed by atoms with Gasteiger partial charge >= 0.3 is 0 Å². The second-order valence-corrected chi connectivity index (χ2v) is 4.53. The number of rotatable bonds is 0. The maximum absolute atomic E-state index is 4.44. The molecule has 4 heterocycles. The smallest absolute Gasteiger partial charge is 0.165 e. The van der Waals surface area contributed by atoms with Crippen LogP contribution in [0.15, 0.2) is 30.2 Å². The molecule has 76 valence electrons. The van der Waals surface area contributed by atoms with E-state index in [0.717, 1.165) is 22.1 Å². The summed E-state index contributed by atoms with van der Waals surface area (Å²) in [5.74, 6) is 0. The van der Waals surface area contributed by atoms with Gasteiger partial charge in [-0.25, -0.2) is 15.0 Å². The second-order valence-electron chi connectivity index (χ2n) is 3.58. The highest BCUT2D eigenvalue weighted by atomic mass is 32.1. The number of nitrogens with zero attached hydrogens (tertiary/aromatic N) is 3. The molecule has 0 spiro atoms. The van der Waals surface area contributed by atoms with Crippen molar-refractivity contribution in [3.8, 4) is 0 Å². The first kappa shape index (κ1) is 8.18. The molecule has 0 amide bonds. The van der Waals surface area contributed by atoms with Crippen LogP contribution in [0.25, 0.3) is 32.2 Å². The van der Waals surface area contributed by atoms with E-state index in [1.807, 2.05) is 12.4 Å². The number of thiophene rings is 1. The molecule has 4 aromatic heterocycles. The van der Waals surface area contributed by atoms with Gasteiger partial charge in [-0.3, -0.25) is 0 Å². The molecular weight excluding hydrogens is 220 g/mol. The lowest BCUT2D eigenvalue weighted by Crippen LogP contribution is -1.82. The van der Waals surface area contributed by atoms with Crippen LogP contribution in [-0.2, 0) is 0 Å². The Labute approximate surface area is 94.0 Å². The standard InChI is InChI=1S/C11H6N4S/c1-2-16-8-4-13-11-9-7(6(1)8)3-12-10(9)14-5-15-11/h1-5H,(H,12,13,14,15). The Morgan fingerprint density at radius 3 is 3.06 bits per heavy atom. The van der Waals surface area contributed by atoms with Gasteiger partial charge in [0.15, 0.2) is 5.65 Å². The summed E-state index contributed by atoms with van der Waals surface area (Å²) in [4.78, 5) is 16.0. The van der Waals surface area contributed by atoms with Crippen molar-refractivity contribution in [1.82, 2.24) is 19.9 Å². The summed E-state index contributed by atoms with van der Waals surface area (Å²) in [6, 6.07) is 2.10. The molecular formula is C11H6N4S. The molecule has 5 heteroatoms. The zero-order valence-electron chi connectivity index (χ0n) is 8.14. The van der Waals surface area contributed by atoms with Crippen LogP contribution in [0.4, 0.5) is 0 Å². The minimum atomic E-state index is 0.750. The molecule has 0 radical (unpaired) electrons. The Morgan fingerprint density at radius 1 is 1.06 bits per heavy atom. The molecule has 0 aliphatic heterocycles. The van der Waals surface area contributed by atoms with Gasteiger partial charge in [-0.1, -0.05) is 0 Å². The first-order valence-electron chi connectivity index (χ1n) is 4.87. The molecule has 0 saturated carbocycles. The van der Waals surface area contributed by atoms with Crippen LogP contribution in [0, 0.1) is 0 Å². The molecule has 0 saturated heterocycles. The summed E-state index contributed by atoms with van der Waals surface area (Å²) < 4.78 is 1.17. The Balaban J connectivity index is 2.49. The molecule has 0 aliphatic rings. The average molecular weight is 226 g/mol. The molecule has 0 fully saturated rings. The SMILES string of the molecule is c1nc2ncc3c4ccsc4cnc([nH]1)c23. The largest absolute Gasteiger partial charge is 0.330 e. The van der Waals surface area contributed by atoms with Crippen LogP contribution in [0.2, 0.25) is 0 Å². The fourth-order valence-corrected chi connectivity index (χ4v) is 2.78. The van der Waals surface area contributed by atoms with Gasteiger partial charge < -0.3 is 4.98 Å². The van der Waals surface area contributed by atoms with E-state index < -0.39 is 0 Å². The highest BCUT2D eigenvalue weighted by molar-refractivity contribution is 7.17. The topological polar surface area (TPSA) is 54.5 Å². The fraction of sp³-hybridized carbons (Fsp3) is 0. The number of H-pyrrole nitrogens is 1. The van der Waals surface area contributed by atoms with Gasteiger partial charge in [0, 0.05) is 23.2 Å². The van der Waals surface area contributed by atoms with Crippen molar-refractivity contribution in [3.05, 3.63) is 30.2 Å². The first-order chi connectivity index (χ1) is 7.93. The predicted octanol–water partition coefficient (Wildman–Crippen LogP) is 2.72. The molecule has 4 nitrogen and oxygen atoms in total. The zero-order valence-corrected chi connectivity index (χ0v) is 8.95. The van der Waals surface area contributed by atoms with Crippen molar-refractivity contribution in [2.75, 3.05) is 0 Å². The molecule has 0 aliphatic carbocycles. The number of aromatic nitrogens is 4. The van der Waals surface area contributed by atoms with Crippen molar-refractivity contribution in [2.45, 2.75) is 0 Å². The maximum Gasteiger partial charge on any atom is 0.165 e. The van der Waals surface area contributed by atoms with Crippen molar-refractivity contribution in [2.24, 2.45) is 0 Å². The van der Waals surface area contributed by atoms with E-state index in [9.17, 15) is 0 Å². The third-order valence-corrected chi connectivity index (χ3v) is 3.58. The van der Waals surface area contributed by atoms with Crippen molar-refractivity contribution in [3.63, 3.8) is 0 Å². The van der Waals surface area contributed by atoms with Gasteiger partial charge in [-0.2, -0.15) is 0 Å². The Bertz CT molecular complexity index is 814. The summed E-state index contributed by atoms with van der Waals surface area (Å²) in [5.41, 5.74) is 1.58. The zero-order chi connectivity index (χ0) is 10.5. The molecule has 4 aromatic rings. The minimum Gasteiger partial charge on any atom is -0.330 e. The van der Waals surface area contributed by atoms with E-state index in [0.29, 0.717) is 0 Å². The highest BCUT2D eigenvalue weighted by Gasteiger charge is 2.09. The third-order valence-electron chi connectivity index (χ3n) is 2.73. The van der Waals surface area contributed by atoms with Crippen LogP contribution in [0.3, 0.4) is 0 Å². The van der Waals surface area contributed by atoms with Crippen molar-refractivity contribution >= 4 is 43.5 Å². The second kappa shape index (κ2) is 2.76. The van der Waals surface area contributed by atoms with Gasteiger partial charge in [-0.05, 0) is 11.4 Å². The monoisotopic (exact) mass is 226 g/mol. The van der Waals surface area contributed by atoms with Gasteiger partial charge in [0.1, 0.15) is 5.65 Å². The minimum absolute atomic E-state index is 0.750. The van der Waals surface area contributed by atoms with Crippen molar-refractivity contribution < 1.29 is 0 Å². The number of hydrogen-bond acceptors (Lipinski definition) is 4. The molecule has 0 bridgehead atoms. The lowest BCUT2D eigenvalue weighted by Gasteiger charge is -1.90. The quantitative estimate of drug-likeness (QED) is 0.501. The molecule has 0 aromatic carbocycles. The number of nitrogens with one attached hydrogen (secondary N) is 1. The predicted molar refractivity (Wildman–Crippen MR) is 64.6 cm³/mol. The number of hydrogen-bond donors (Lipinski definition) is 1.